The van der Waals surface area contributed by atoms with Gasteiger partial charge in [0.25, 0.3) is 5.69 Å². The molecule has 176 valence electrons. The van der Waals surface area contributed by atoms with E-state index in [-0.39, 0.29) is 22.9 Å². The lowest BCUT2D eigenvalue weighted by molar-refractivity contribution is -0.384. The Morgan fingerprint density at radius 3 is 2.59 bits per heavy atom. The number of nitro benzene ring substituents is 1. The second kappa shape index (κ2) is 10.2. The molecule has 0 radical (unpaired) electrons. The van der Waals surface area contributed by atoms with Crippen LogP contribution in [0.25, 0.3) is 0 Å². The lowest BCUT2D eigenvalue weighted by Gasteiger charge is -2.09. The number of carbonyl (C=O) groups is 1. The van der Waals surface area contributed by atoms with Crippen LogP contribution in [0, 0.1) is 10.1 Å². The number of hydrogen-bond acceptors (Lipinski definition) is 6. The lowest BCUT2D eigenvalue weighted by atomic mass is 10.1. The highest BCUT2D eigenvalue weighted by atomic mass is 35.5. The molecule has 0 spiro atoms. The molecule has 0 aromatic heterocycles. The van der Waals surface area contributed by atoms with Gasteiger partial charge in [0.2, 0.25) is 0 Å². The van der Waals surface area contributed by atoms with Crippen LogP contribution in [-0.2, 0) is 12.8 Å². The number of nitro groups is 1. The number of carboxylic acid groups (broad SMARTS) is 1. The minimum absolute atomic E-state index is 0.0768. The Morgan fingerprint density at radius 2 is 1.94 bits per heavy atom. The summed E-state index contributed by atoms with van der Waals surface area (Å²) in [5, 5.41) is 24.2. The van der Waals surface area contributed by atoms with Crippen LogP contribution >= 0.6 is 11.6 Å². The van der Waals surface area contributed by atoms with Crippen molar-refractivity contribution in [2.24, 2.45) is 5.10 Å². The summed E-state index contributed by atoms with van der Waals surface area (Å²) < 4.78 is 44.0. The number of anilines is 1. The van der Waals surface area contributed by atoms with Gasteiger partial charge in [0, 0.05) is 6.07 Å². The van der Waals surface area contributed by atoms with Crippen molar-refractivity contribution >= 4 is 35.2 Å². The third kappa shape index (κ3) is 6.23. The van der Waals surface area contributed by atoms with Gasteiger partial charge in [-0.15, -0.1) is 0 Å². The first kappa shape index (κ1) is 24.5. The van der Waals surface area contributed by atoms with Gasteiger partial charge in [-0.1, -0.05) is 23.7 Å². The Hall–Kier alpha value is -4.12. The van der Waals surface area contributed by atoms with E-state index in [1.165, 1.54) is 24.4 Å². The van der Waals surface area contributed by atoms with E-state index in [9.17, 15) is 28.1 Å². The third-order valence-electron chi connectivity index (χ3n) is 4.44. The quantitative estimate of drug-likeness (QED) is 0.226. The number of alkyl halides is 3. The molecule has 0 aliphatic heterocycles. The summed E-state index contributed by atoms with van der Waals surface area (Å²) in [6.07, 6.45) is -3.44. The van der Waals surface area contributed by atoms with E-state index in [4.69, 9.17) is 21.4 Å². The number of nitrogens with one attached hydrogen (secondary N) is 1. The summed E-state index contributed by atoms with van der Waals surface area (Å²) >= 11 is 6.20. The van der Waals surface area contributed by atoms with Gasteiger partial charge in [0.15, 0.2) is 0 Å². The number of nitrogens with zero attached hydrogens (tertiary/aromatic N) is 2. The van der Waals surface area contributed by atoms with Crippen LogP contribution in [0.1, 0.15) is 27.0 Å². The van der Waals surface area contributed by atoms with Crippen molar-refractivity contribution in [2.45, 2.75) is 12.8 Å². The zero-order valence-corrected chi connectivity index (χ0v) is 17.8. The van der Waals surface area contributed by atoms with Crippen LogP contribution in [0.4, 0.5) is 24.5 Å². The summed E-state index contributed by atoms with van der Waals surface area (Å²) in [5.41, 5.74) is 1.44. The maximum atomic E-state index is 12.8. The number of hydrogen-bond donors (Lipinski definition) is 2. The molecule has 0 aliphatic rings. The average molecular weight is 494 g/mol. The number of hydrazone groups is 1. The zero-order valence-electron chi connectivity index (χ0n) is 17.0. The molecule has 0 heterocycles. The molecule has 8 nitrogen and oxygen atoms in total. The van der Waals surface area contributed by atoms with Crippen LogP contribution in [-0.4, -0.2) is 22.2 Å². The number of ether oxygens (including phenoxy) is 1. The van der Waals surface area contributed by atoms with Gasteiger partial charge >= 0.3 is 12.1 Å². The van der Waals surface area contributed by atoms with Crippen LogP contribution in [0.15, 0.2) is 65.8 Å². The highest BCUT2D eigenvalue weighted by Gasteiger charge is 2.33. The van der Waals surface area contributed by atoms with E-state index < -0.39 is 28.3 Å². The summed E-state index contributed by atoms with van der Waals surface area (Å²) in [4.78, 5) is 21.2. The van der Waals surface area contributed by atoms with Crippen LogP contribution in [0.2, 0.25) is 5.02 Å². The molecule has 34 heavy (non-hydrogen) atoms. The maximum absolute atomic E-state index is 12.8. The van der Waals surface area contributed by atoms with Gasteiger partial charge in [-0.05, 0) is 53.6 Å². The Bertz CT molecular complexity index is 1260. The molecule has 3 aromatic carbocycles. The second-order valence-corrected chi connectivity index (χ2v) is 7.25. The molecule has 12 heteroatoms. The molecule has 0 saturated heterocycles. The van der Waals surface area contributed by atoms with Crippen molar-refractivity contribution < 1.29 is 32.7 Å². The summed E-state index contributed by atoms with van der Waals surface area (Å²) in [6, 6.07) is 12.9. The van der Waals surface area contributed by atoms with E-state index >= 15 is 0 Å². The van der Waals surface area contributed by atoms with Crippen molar-refractivity contribution in [3.05, 3.63) is 98.1 Å². The SMILES string of the molecule is O=C(O)c1cccc(COc2ccc(/C=N\Nc3ccc(C(F)(F)F)cc3[N+](=O)[O-])cc2Cl)c1. The molecule has 0 unspecified atom stereocenters. The predicted molar refractivity (Wildman–Crippen MR) is 119 cm³/mol. The number of carboxylic acids is 1. The number of halogens is 4. The lowest BCUT2D eigenvalue weighted by Crippen LogP contribution is -2.06. The minimum atomic E-state index is -4.72. The number of aromatic carboxylic acids is 1. The van der Waals surface area contributed by atoms with Gasteiger partial charge in [-0.25, -0.2) is 4.79 Å². The molecular weight excluding hydrogens is 479 g/mol. The molecule has 3 aromatic rings. The van der Waals surface area contributed by atoms with E-state index in [0.717, 1.165) is 6.07 Å². The van der Waals surface area contributed by atoms with Crippen molar-refractivity contribution in [2.75, 3.05) is 5.43 Å². The van der Waals surface area contributed by atoms with Crippen LogP contribution in [0.5, 0.6) is 5.75 Å². The van der Waals surface area contributed by atoms with Crippen molar-refractivity contribution in [3.8, 4) is 5.75 Å². The highest BCUT2D eigenvalue weighted by molar-refractivity contribution is 6.32. The van der Waals surface area contributed by atoms with Gasteiger partial charge in [0.1, 0.15) is 18.0 Å². The molecule has 0 bridgehead atoms. The van der Waals surface area contributed by atoms with Gasteiger partial charge < -0.3 is 9.84 Å². The maximum Gasteiger partial charge on any atom is 0.416 e. The van der Waals surface area contributed by atoms with E-state index in [1.54, 1.807) is 24.3 Å². The first-order valence-electron chi connectivity index (χ1n) is 9.44. The summed E-state index contributed by atoms with van der Waals surface area (Å²) in [5.74, 6) is -0.732. The predicted octanol–water partition coefficient (Wildman–Crippen LogP) is 5.99. The molecule has 2 N–H and O–H groups in total. The number of rotatable bonds is 8. The summed E-state index contributed by atoms with van der Waals surface area (Å²) in [6.45, 7) is 0.0768. The second-order valence-electron chi connectivity index (χ2n) is 6.84. The Labute approximate surface area is 195 Å². The van der Waals surface area contributed by atoms with E-state index in [1.807, 2.05) is 0 Å². The first-order valence-corrected chi connectivity index (χ1v) is 9.81. The van der Waals surface area contributed by atoms with Crippen LogP contribution < -0.4 is 10.2 Å². The number of benzene rings is 3. The van der Waals surface area contributed by atoms with Crippen molar-refractivity contribution in [1.29, 1.82) is 0 Å². The molecule has 0 amide bonds. The minimum Gasteiger partial charge on any atom is -0.487 e. The van der Waals surface area contributed by atoms with Crippen LogP contribution in [0.3, 0.4) is 0 Å². The van der Waals surface area contributed by atoms with Crippen molar-refractivity contribution in [1.82, 2.24) is 0 Å². The van der Waals surface area contributed by atoms with E-state index in [2.05, 4.69) is 10.5 Å². The average Bonchev–Trinajstić information content (AvgIpc) is 2.78. The molecule has 3 rings (SSSR count). The normalized spacial score (nSPS) is 11.4. The monoisotopic (exact) mass is 493 g/mol. The molecule has 0 aliphatic carbocycles. The Kier molecular flexibility index (Phi) is 7.37. The first-order chi connectivity index (χ1) is 16.0. The van der Waals surface area contributed by atoms with Gasteiger partial charge in [0.05, 0.1) is 27.3 Å². The fraction of sp³-hybridized carbons (Fsp3) is 0.0909. The summed E-state index contributed by atoms with van der Waals surface area (Å²) in [7, 11) is 0. The molecule has 0 saturated carbocycles. The molecular formula is C22H15ClF3N3O5. The van der Waals surface area contributed by atoms with Gasteiger partial charge in [-0.3, -0.25) is 15.5 Å². The fourth-order valence-corrected chi connectivity index (χ4v) is 3.04. The molecule has 0 atom stereocenters. The Morgan fingerprint density at radius 1 is 1.18 bits per heavy atom. The highest BCUT2D eigenvalue weighted by Crippen LogP contribution is 2.35. The molecule has 0 fully saturated rings. The topological polar surface area (TPSA) is 114 Å². The Balaban J connectivity index is 1.68. The third-order valence-corrected chi connectivity index (χ3v) is 4.74. The fourth-order valence-electron chi connectivity index (χ4n) is 2.80. The smallest absolute Gasteiger partial charge is 0.416 e. The van der Waals surface area contributed by atoms with E-state index in [0.29, 0.717) is 29.0 Å². The zero-order chi connectivity index (χ0) is 24.9. The van der Waals surface area contributed by atoms with Crippen molar-refractivity contribution in [3.63, 3.8) is 0 Å². The largest absolute Gasteiger partial charge is 0.487 e. The van der Waals surface area contributed by atoms with Gasteiger partial charge in [-0.2, -0.15) is 18.3 Å². The standard InChI is InChI=1S/C22H15ClF3N3O5/c23-17-9-13(4-7-20(17)34-12-14-2-1-3-15(8-14)21(30)31)11-27-28-18-6-5-16(22(24,25)26)10-19(18)29(32)33/h1-11,28H,12H2,(H,30,31)/b27-11-.